The quantitative estimate of drug-likeness (QED) is 0.424. The summed E-state index contributed by atoms with van der Waals surface area (Å²) in [5.74, 6) is -0.182. The van der Waals surface area contributed by atoms with Crippen molar-refractivity contribution in [3.8, 4) is 0 Å². The van der Waals surface area contributed by atoms with Gasteiger partial charge in [0.1, 0.15) is 5.58 Å². The molecule has 1 atom stereocenters. The number of rotatable bonds is 6. The van der Waals surface area contributed by atoms with Crippen molar-refractivity contribution in [1.82, 2.24) is 4.90 Å². The summed E-state index contributed by atoms with van der Waals surface area (Å²) in [5.41, 5.74) is 1.33. The number of ether oxygens (including phenoxy) is 1. The molecule has 2 aromatic carbocycles. The Morgan fingerprint density at radius 1 is 1.20 bits per heavy atom. The van der Waals surface area contributed by atoms with Gasteiger partial charge < -0.3 is 14.1 Å². The molecule has 0 radical (unpaired) electrons. The molecule has 0 spiro atoms. The molecule has 4 rings (SSSR count). The Kier molecular flexibility index (Phi) is 6.00. The molecule has 1 amide bonds. The van der Waals surface area contributed by atoms with E-state index in [-0.39, 0.29) is 23.2 Å². The number of carbonyl (C=O) groups excluding carboxylic acids is 1. The van der Waals surface area contributed by atoms with Gasteiger partial charge in [-0.05, 0) is 56.2 Å². The van der Waals surface area contributed by atoms with E-state index in [1.54, 1.807) is 23.1 Å². The third kappa shape index (κ3) is 3.92. The minimum atomic E-state index is -0.524. The number of amides is 1. The molecule has 3 aromatic rings. The molecule has 1 aliphatic heterocycles. The lowest BCUT2D eigenvalue weighted by atomic mass is 9.98. The van der Waals surface area contributed by atoms with Crippen LogP contribution in [0.5, 0.6) is 0 Å². The minimum absolute atomic E-state index is 0.101. The minimum Gasteiger partial charge on any atom is -0.450 e. The van der Waals surface area contributed by atoms with Crippen LogP contribution in [-0.2, 0) is 4.74 Å². The van der Waals surface area contributed by atoms with Crippen LogP contribution in [0.2, 0.25) is 5.02 Å². The molecule has 0 unspecified atom stereocenters. The first-order chi connectivity index (χ1) is 14.4. The van der Waals surface area contributed by atoms with Gasteiger partial charge in [0.2, 0.25) is 5.76 Å². The highest BCUT2D eigenvalue weighted by Gasteiger charge is 2.42. The predicted molar refractivity (Wildman–Crippen MR) is 120 cm³/mol. The van der Waals surface area contributed by atoms with Crippen LogP contribution in [-0.4, -0.2) is 30.1 Å². The number of carbonyl (C=O) groups is 1. The van der Waals surface area contributed by atoms with Gasteiger partial charge in [-0.2, -0.15) is 0 Å². The molecule has 156 valence electrons. The van der Waals surface area contributed by atoms with E-state index in [0.717, 1.165) is 10.0 Å². The van der Waals surface area contributed by atoms with Gasteiger partial charge in [0.05, 0.1) is 23.1 Å². The zero-order valence-electron chi connectivity index (χ0n) is 16.7. The maximum absolute atomic E-state index is 13.4. The molecule has 0 aliphatic carbocycles. The number of fused-ring (bicyclic) bond motifs is 2. The molecule has 2 heterocycles. The smallest absolute Gasteiger partial charge is 0.290 e. The third-order valence-electron chi connectivity index (χ3n) is 5.09. The molecular weight excluding hydrogens is 470 g/mol. The number of hydrogen-bond donors (Lipinski definition) is 0. The van der Waals surface area contributed by atoms with Crippen LogP contribution in [0.25, 0.3) is 11.0 Å². The van der Waals surface area contributed by atoms with Gasteiger partial charge in [-0.1, -0.05) is 39.7 Å². The van der Waals surface area contributed by atoms with Crippen LogP contribution in [0.3, 0.4) is 0 Å². The van der Waals surface area contributed by atoms with E-state index in [1.807, 2.05) is 38.1 Å². The fourth-order valence-corrected chi connectivity index (χ4v) is 4.39. The van der Waals surface area contributed by atoms with Gasteiger partial charge in [0.25, 0.3) is 5.91 Å². The van der Waals surface area contributed by atoms with Crippen LogP contribution < -0.4 is 5.43 Å². The van der Waals surface area contributed by atoms with E-state index < -0.39 is 6.04 Å². The highest BCUT2D eigenvalue weighted by Crippen LogP contribution is 2.39. The van der Waals surface area contributed by atoms with Gasteiger partial charge in [-0.15, -0.1) is 0 Å². The lowest BCUT2D eigenvalue weighted by Crippen LogP contribution is -2.31. The lowest BCUT2D eigenvalue weighted by Gasteiger charge is -2.25. The van der Waals surface area contributed by atoms with Crippen molar-refractivity contribution in [2.24, 2.45) is 0 Å². The second kappa shape index (κ2) is 8.53. The Morgan fingerprint density at radius 2 is 2.00 bits per heavy atom. The summed E-state index contributed by atoms with van der Waals surface area (Å²) in [6.07, 6.45) is 0.776. The van der Waals surface area contributed by atoms with E-state index in [2.05, 4.69) is 15.9 Å². The van der Waals surface area contributed by atoms with E-state index >= 15 is 0 Å². The molecule has 1 aliphatic rings. The molecule has 0 fully saturated rings. The van der Waals surface area contributed by atoms with Gasteiger partial charge in [-0.3, -0.25) is 9.59 Å². The summed E-state index contributed by atoms with van der Waals surface area (Å²) in [6, 6.07) is 12.0. The van der Waals surface area contributed by atoms with Crippen molar-refractivity contribution in [2.75, 3.05) is 13.2 Å². The first-order valence-electron chi connectivity index (χ1n) is 9.81. The molecule has 1 aromatic heterocycles. The Hall–Kier alpha value is -2.15. The summed E-state index contributed by atoms with van der Waals surface area (Å²) in [5, 5.41) is 0.819. The molecule has 0 bridgehead atoms. The Morgan fingerprint density at radius 3 is 2.73 bits per heavy atom. The zero-order valence-corrected chi connectivity index (χ0v) is 19.0. The molecule has 0 N–H and O–H groups in total. The standard InChI is InChI=1S/C23H21BrClNO4/c1-13(2)29-10-4-9-26-20(14-5-3-6-15(24)11-14)19-21(27)17-12-16(25)7-8-18(17)30-22(19)23(26)28/h3,5-8,11-13,20H,4,9-10H2,1-2H3/t20-/m1/s1. The van der Waals surface area contributed by atoms with E-state index in [1.165, 1.54) is 0 Å². The highest BCUT2D eigenvalue weighted by atomic mass is 79.9. The van der Waals surface area contributed by atoms with Gasteiger partial charge >= 0.3 is 0 Å². The second-order valence-electron chi connectivity index (χ2n) is 7.54. The maximum atomic E-state index is 13.4. The van der Waals surface area contributed by atoms with Gasteiger partial charge in [0.15, 0.2) is 5.43 Å². The SMILES string of the molecule is CC(C)OCCCN1C(=O)c2oc3ccc(Cl)cc3c(=O)c2[C@H]1c1cccc(Br)c1. The molecule has 7 heteroatoms. The average molecular weight is 491 g/mol. The summed E-state index contributed by atoms with van der Waals surface area (Å²) in [7, 11) is 0. The lowest BCUT2D eigenvalue weighted by molar-refractivity contribution is 0.0593. The van der Waals surface area contributed by atoms with Crippen LogP contribution in [0.1, 0.15) is 48.0 Å². The molecule has 0 saturated heterocycles. The Labute approximate surface area is 187 Å². The van der Waals surface area contributed by atoms with E-state index in [0.29, 0.717) is 41.1 Å². The van der Waals surface area contributed by atoms with Crippen molar-refractivity contribution in [3.63, 3.8) is 0 Å². The summed E-state index contributed by atoms with van der Waals surface area (Å²) >= 11 is 9.59. The van der Waals surface area contributed by atoms with Crippen molar-refractivity contribution in [1.29, 1.82) is 0 Å². The van der Waals surface area contributed by atoms with Crippen molar-refractivity contribution >= 4 is 44.4 Å². The third-order valence-corrected chi connectivity index (χ3v) is 5.82. The molecule has 0 saturated carbocycles. The number of hydrogen-bond acceptors (Lipinski definition) is 4. The first kappa shape index (κ1) is 21.1. The van der Waals surface area contributed by atoms with Gasteiger partial charge in [0, 0.05) is 22.6 Å². The van der Waals surface area contributed by atoms with Crippen LogP contribution in [0, 0.1) is 0 Å². The summed E-state index contributed by atoms with van der Waals surface area (Å²) in [6.45, 7) is 4.92. The molecule has 5 nitrogen and oxygen atoms in total. The van der Waals surface area contributed by atoms with E-state index in [4.69, 9.17) is 20.8 Å². The number of benzene rings is 2. The monoisotopic (exact) mass is 489 g/mol. The van der Waals surface area contributed by atoms with Crippen LogP contribution >= 0.6 is 27.5 Å². The topological polar surface area (TPSA) is 59.8 Å². The van der Waals surface area contributed by atoms with Crippen molar-refractivity contribution in [3.05, 3.63) is 79.1 Å². The summed E-state index contributed by atoms with van der Waals surface area (Å²) in [4.78, 5) is 28.4. The average Bonchev–Trinajstić information content (AvgIpc) is 2.98. The van der Waals surface area contributed by atoms with Crippen molar-refractivity contribution < 1.29 is 13.9 Å². The maximum Gasteiger partial charge on any atom is 0.290 e. The number of nitrogens with zero attached hydrogens (tertiary/aromatic N) is 1. The largest absolute Gasteiger partial charge is 0.450 e. The predicted octanol–water partition coefficient (Wildman–Crippen LogP) is 5.57. The highest BCUT2D eigenvalue weighted by molar-refractivity contribution is 9.10. The van der Waals surface area contributed by atoms with Crippen LogP contribution in [0.4, 0.5) is 0 Å². The Bertz CT molecular complexity index is 1170. The van der Waals surface area contributed by atoms with Crippen molar-refractivity contribution in [2.45, 2.75) is 32.4 Å². The summed E-state index contributed by atoms with van der Waals surface area (Å²) < 4.78 is 12.4. The Balaban J connectivity index is 1.83. The molecule has 30 heavy (non-hydrogen) atoms. The second-order valence-corrected chi connectivity index (χ2v) is 8.90. The molecular formula is C23H21BrClNO4. The van der Waals surface area contributed by atoms with Crippen LogP contribution in [0.15, 0.2) is 56.1 Å². The normalized spacial score (nSPS) is 16.0. The number of halogens is 2. The van der Waals surface area contributed by atoms with E-state index in [9.17, 15) is 9.59 Å². The fourth-order valence-electron chi connectivity index (χ4n) is 3.80. The first-order valence-corrected chi connectivity index (χ1v) is 11.0. The van der Waals surface area contributed by atoms with Gasteiger partial charge in [-0.25, -0.2) is 0 Å². The zero-order chi connectivity index (χ0) is 21.4. The fraction of sp³-hybridized carbons (Fsp3) is 0.304.